The molecule has 2 saturated carbocycles. The van der Waals surface area contributed by atoms with Crippen molar-refractivity contribution in [2.45, 2.75) is 60.7 Å². The van der Waals surface area contributed by atoms with E-state index in [1.165, 1.54) is 30.9 Å². The summed E-state index contributed by atoms with van der Waals surface area (Å²) in [6, 6.07) is 14.6. The fourth-order valence-corrected chi connectivity index (χ4v) is 7.24. The highest BCUT2D eigenvalue weighted by molar-refractivity contribution is 7.91. The van der Waals surface area contributed by atoms with Crippen molar-refractivity contribution in [1.82, 2.24) is 14.5 Å². The van der Waals surface area contributed by atoms with Crippen molar-refractivity contribution >= 4 is 15.6 Å². The normalized spacial score (nSPS) is 15.3. The molecule has 11 heteroatoms. The van der Waals surface area contributed by atoms with Crippen molar-refractivity contribution in [2.75, 3.05) is 14.2 Å². The molecule has 2 aliphatic carbocycles. The summed E-state index contributed by atoms with van der Waals surface area (Å²) in [5.74, 6) is 0.157. The predicted molar refractivity (Wildman–Crippen MR) is 162 cm³/mol. The topological polar surface area (TPSA) is 138 Å². The first kappa shape index (κ1) is 29.6. The SMILES string of the molecule is COc1cccc(OC)c1-n1c(C2CCCC2)nc(O)c(S(=O)(=O)c2ccc(-c3ccnc(CC(=O)C4CC4)c3)cc2)c1=O. The van der Waals surface area contributed by atoms with Gasteiger partial charge >= 0.3 is 0 Å². The number of carbonyl (C=O) groups excluding carboxylic acids is 1. The highest BCUT2D eigenvalue weighted by Crippen LogP contribution is 2.40. The molecule has 2 fully saturated rings. The number of ketones is 1. The van der Waals surface area contributed by atoms with Gasteiger partial charge in [0.15, 0.2) is 4.90 Å². The van der Waals surface area contributed by atoms with E-state index in [0.717, 1.165) is 44.1 Å². The van der Waals surface area contributed by atoms with Crippen LogP contribution in [0.15, 0.2) is 75.4 Å². The molecule has 0 aliphatic heterocycles. The third-order valence-corrected chi connectivity index (χ3v) is 10.2. The summed E-state index contributed by atoms with van der Waals surface area (Å²) < 4.78 is 40.3. The summed E-state index contributed by atoms with van der Waals surface area (Å²) in [6.45, 7) is 0. The molecule has 0 spiro atoms. The number of carbonyl (C=O) groups is 1. The first-order valence-electron chi connectivity index (χ1n) is 14.6. The third kappa shape index (κ3) is 5.47. The molecular weight excluding hydrogens is 582 g/mol. The van der Waals surface area contributed by atoms with Gasteiger partial charge < -0.3 is 14.6 Å². The van der Waals surface area contributed by atoms with Crippen LogP contribution in [0.5, 0.6) is 17.4 Å². The molecule has 10 nitrogen and oxygen atoms in total. The standard InChI is InChI=1S/C33H33N3O7S/c1-42-27-8-5-9-28(43-2)29(27)36-31(22-6-3-4-7-22)35-32(38)30(33(36)39)44(40,41)25-14-12-20(13-15-25)23-16-17-34-24(18-23)19-26(37)21-10-11-21/h5,8-9,12-18,21-22,38H,3-4,6-7,10-11,19H2,1-2H3. The van der Waals surface area contributed by atoms with Crippen LogP contribution in [0.2, 0.25) is 0 Å². The van der Waals surface area contributed by atoms with E-state index in [2.05, 4.69) is 9.97 Å². The maximum Gasteiger partial charge on any atom is 0.281 e. The van der Waals surface area contributed by atoms with Gasteiger partial charge in [0.25, 0.3) is 5.56 Å². The maximum absolute atomic E-state index is 14.2. The molecular formula is C33H33N3O7S. The molecule has 4 aromatic rings. The molecule has 0 atom stereocenters. The zero-order valence-corrected chi connectivity index (χ0v) is 25.3. The molecule has 0 unspecified atom stereocenters. The van der Waals surface area contributed by atoms with Crippen molar-refractivity contribution in [3.8, 4) is 34.2 Å². The monoisotopic (exact) mass is 615 g/mol. The lowest BCUT2D eigenvalue weighted by Crippen LogP contribution is -2.30. The minimum Gasteiger partial charge on any atom is -0.494 e. The van der Waals surface area contributed by atoms with Crippen LogP contribution in [0.3, 0.4) is 0 Å². The molecule has 44 heavy (non-hydrogen) atoms. The highest BCUT2D eigenvalue weighted by atomic mass is 32.2. The number of hydrogen-bond donors (Lipinski definition) is 1. The van der Waals surface area contributed by atoms with Gasteiger partial charge in [0, 0.05) is 30.1 Å². The fraction of sp³-hybridized carbons (Fsp3) is 0.333. The highest BCUT2D eigenvalue weighted by Gasteiger charge is 2.34. The molecule has 0 bridgehead atoms. The second-order valence-electron chi connectivity index (χ2n) is 11.2. The summed E-state index contributed by atoms with van der Waals surface area (Å²) in [5.41, 5.74) is 1.42. The number of benzene rings is 2. The lowest BCUT2D eigenvalue weighted by Gasteiger charge is -2.22. The van der Waals surface area contributed by atoms with Crippen LogP contribution in [-0.2, 0) is 21.1 Å². The van der Waals surface area contributed by atoms with Crippen molar-refractivity contribution in [2.24, 2.45) is 5.92 Å². The number of pyridine rings is 1. The largest absolute Gasteiger partial charge is 0.494 e. The lowest BCUT2D eigenvalue weighted by atomic mass is 10.0. The van der Waals surface area contributed by atoms with Crippen molar-refractivity contribution in [3.63, 3.8) is 0 Å². The van der Waals surface area contributed by atoms with E-state index >= 15 is 0 Å². The average molecular weight is 616 g/mol. The predicted octanol–water partition coefficient (Wildman–Crippen LogP) is 5.03. The van der Waals surface area contributed by atoms with Crippen LogP contribution in [0.1, 0.15) is 56.0 Å². The molecule has 2 aliphatic rings. The van der Waals surface area contributed by atoms with Gasteiger partial charge in [-0.15, -0.1) is 0 Å². The van der Waals surface area contributed by atoms with Gasteiger partial charge in [0.05, 0.1) is 19.1 Å². The Hall–Kier alpha value is -4.51. The van der Waals surface area contributed by atoms with Crippen molar-refractivity contribution < 1.29 is 27.8 Å². The molecule has 2 aromatic carbocycles. The Morgan fingerprint density at radius 3 is 2.23 bits per heavy atom. The van der Waals surface area contributed by atoms with Crippen LogP contribution < -0.4 is 15.0 Å². The zero-order valence-electron chi connectivity index (χ0n) is 24.5. The van der Waals surface area contributed by atoms with E-state index in [-0.39, 0.29) is 40.4 Å². The number of rotatable bonds is 10. The first-order valence-corrected chi connectivity index (χ1v) is 16.1. The number of methoxy groups -OCH3 is 2. The Morgan fingerprint density at radius 2 is 1.61 bits per heavy atom. The number of para-hydroxylation sites is 1. The van der Waals surface area contributed by atoms with Crippen LogP contribution in [-0.4, -0.2) is 48.1 Å². The Labute approximate surface area is 255 Å². The average Bonchev–Trinajstić information content (AvgIpc) is 3.74. The van der Waals surface area contributed by atoms with Gasteiger partial charge in [-0.2, -0.15) is 4.98 Å². The maximum atomic E-state index is 14.2. The van der Waals surface area contributed by atoms with Crippen LogP contribution in [0, 0.1) is 5.92 Å². The Kier molecular flexibility index (Phi) is 7.98. The number of ether oxygens (including phenoxy) is 2. The second-order valence-corrected chi connectivity index (χ2v) is 13.1. The van der Waals surface area contributed by atoms with E-state index in [4.69, 9.17) is 9.47 Å². The van der Waals surface area contributed by atoms with E-state index < -0.39 is 26.2 Å². The number of aromatic hydroxyl groups is 1. The van der Waals surface area contributed by atoms with E-state index in [1.807, 2.05) is 6.07 Å². The molecule has 0 saturated heterocycles. The number of sulfone groups is 1. The van der Waals surface area contributed by atoms with Gasteiger partial charge in [0.1, 0.15) is 28.8 Å². The van der Waals surface area contributed by atoms with E-state index in [9.17, 15) is 23.1 Å². The van der Waals surface area contributed by atoms with E-state index in [0.29, 0.717) is 22.8 Å². The van der Waals surface area contributed by atoms with Gasteiger partial charge in [0.2, 0.25) is 15.7 Å². The molecule has 0 amide bonds. The Balaban J connectivity index is 1.43. The third-order valence-electron chi connectivity index (χ3n) is 8.37. The van der Waals surface area contributed by atoms with Gasteiger partial charge in [-0.1, -0.05) is 31.0 Å². The van der Waals surface area contributed by atoms with Gasteiger partial charge in [-0.05, 0) is 73.2 Å². The Bertz CT molecular complexity index is 1870. The summed E-state index contributed by atoms with van der Waals surface area (Å²) >= 11 is 0. The van der Waals surface area contributed by atoms with E-state index in [1.54, 1.807) is 42.6 Å². The lowest BCUT2D eigenvalue weighted by molar-refractivity contribution is -0.119. The minimum absolute atomic E-state index is 0.136. The zero-order chi connectivity index (χ0) is 31.0. The minimum atomic E-state index is -4.52. The van der Waals surface area contributed by atoms with Gasteiger partial charge in [-0.25, -0.2) is 8.42 Å². The number of aromatic nitrogens is 3. The summed E-state index contributed by atoms with van der Waals surface area (Å²) in [5, 5.41) is 11.0. The number of Topliss-reactive ketones (excluding diaryl/α,β-unsaturated/α-hetero) is 1. The fourth-order valence-electron chi connectivity index (χ4n) is 5.90. The number of nitrogens with zero attached hydrogens (tertiary/aromatic N) is 3. The van der Waals surface area contributed by atoms with Gasteiger partial charge in [-0.3, -0.25) is 19.1 Å². The van der Waals surface area contributed by atoms with Crippen LogP contribution >= 0.6 is 0 Å². The summed E-state index contributed by atoms with van der Waals surface area (Å²) in [4.78, 5) is 34.2. The van der Waals surface area contributed by atoms with Crippen LogP contribution in [0.25, 0.3) is 16.8 Å². The molecule has 6 rings (SSSR count). The molecule has 2 heterocycles. The Morgan fingerprint density at radius 1 is 0.955 bits per heavy atom. The first-order chi connectivity index (χ1) is 21.2. The molecule has 228 valence electrons. The van der Waals surface area contributed by atoms with Crippen molar-refractivity contribution in [1.29, 1.82) is 0 Å². The summed E-state index contributed by atoms with van der Waals surface area (Å²) in [6.07, 6.45) is 7.07. The molecule has 1 N–H and O–H groups in total. The molecule has 2 aromatic heterocycles. The van der Waals surface area contributed by atoms with Crippen LogP contribution in [0.4, 0.5) is 0 Å². The van der Waals surface area contributed by atoms with Crippen molar-refractivity contribution in [3.05, 3.63) is 82.7 Å². The summed E-state index contributed by atoms with van der Waals surface area (Å²) in [7, 11) is -1.63. The second kappa shape index (κ2) is 11.9. The smallest absolute Gasteiger partial charge is 0.281 e. The number of hydrogen-bond acceptors (Lipinski definition) is 9. The quantitative estimate of drug-likeness (QED) is 0.260. The molecule has 0 radical (unpaired) electrons.